The van der Waals surface area contributed by atoms with Crippen LogP contribution in [0.5, 0.6) is 0 Å². The number of hydrogen-bond donors (Lipinski definition) is 1. The molecule has 5 nitrogen and oxygen atoms in total. The Morgan fingerprint density at radius 3 is 2.83 bits per heavy atom. The van der Waals surface area contributed by atoms with E-state index >= 15 is 0 Å². The number of carbonyl (C=O) groups is 1. The molecule has 9 heteroatoms. The van der Waals surface area contributed by atoms with Crippen molar-refractivity contribution in [3.05, 3.63) is 75.4 Å². The van der Waals surface area contributed by atoms with Gasteiger partial charge >= 0.3 is 0 Å². The fourth-order valence-corrected chi connectivity index (χ4v) is 4.94. The lowest BCUT2D eigenvalue weighted by Crippen LogP contribution is -2.24. The van der Waals surface area contributed by atoms with Gasteiger partial charge in [0.15, 0.2) is 5.16 Å². The minimum absolute atomic E-state index is 0.0616. The topological polar surface area (TPSA) is 64.0 Å². The van der Waals surface area contributed by atoms with Gasteiger partial charge in [0.05, 0.1) is 22.0 Å². The van der Waals surface area contributed by atoms with Crippen molar-refractivity contribution in [1.82, 2.24) is 9.55 Å². The summed E-state index contributed by atoms with van der Waals surface area (Å²) in [6.45, 7) is 0. The molecule has 0 bridgehead atoms. The highest BCUT2D eigenvalue weighted by atomic mass is 35.5. The second-order valence-electron chi connectivity index (χ2n) is 6.23. The van der Waals surface area contributed by atoms with E-state index in [0.29, 0.717) is 32.9 Å². The zero-order valence-electron chi connectivity index (χ0n) is 15.0. The first-order chi connectivity index (χ1) is 14.0. The zero-order valence-corrected chi connectivity index (χ0v) is 17.4. The number of hydrogen-bond acceptors (Lipinski definition) is 5. The summed E-state index contributed by atoms with van der Waals surface area (Å²) in [5.74, 6) is 0.226. The van der Waals surface area contributed by atoms with E-state index in [2.05, 4.69) is 10.3 Å². The fourth-order valence-electron chi connectivity index (χ4n) is 2.90. The molecule has 0 saturated heterocycles. The van der Waals surface area contributed by atoms with Gasteiger partial charge in [-0.2, -0.15) is 0 Å². The molecule has 1 aromatic heterocycles. The van der Waals surface area contributed by atoms with Crippen LogP contribution in [-0.2, 0) is 11.2 Å². The maximum Gasteiger partial charge on any atom is 0.272 e. The Kier molecular flexibility index (Phi) is 5.94. The summed E-state index contributed by atoms with van der Waals surface area (Å²) in [4.78, 5) is 30.6. The van der Waals surface area contributed by atoms with E-state index in [1.807, 2.05) is 0 Å². The molecule has 2 aromatic carbocycles. The van der Waals surface area contributed by atoms with Gasteiger partial charge in [-0.15, -0.1) is 11.8 Å². The largest absolute Gasteiger partial charge is 0.325 e. The van der Waals surface area contributed by atoms with Gasteiger partial charge in [0.25, 0.3) is 5.56 Å². The molecule has 0 unspecified atom stereocenters. The monoisotopic (exact) mass is 447 g/mol. The zero-order chi connectivity index (χ0) is 20.4. The van der Waals surface area contributed by atoms with E-state index in [9.17, 15) is 14.0 Å². The molecule has 0 radical (unpaired) electrons. The number of rotatable bonds is 5. The van der Waals surface area contributed by atoms with Crippen molar-refractivity contribution in [2.45, 2.75) is 16.5 Å². The van der Waals surface area contributed by atoms with Gasteiger partial charge in [-0.05, 0) is 42.5 Å². The van der Waals surface area contributed by atoms with E-state index in [1.165, 1.54) is 40.6 Å². The average Bonchev–Trinajstić information content (AvgIpc) is 3.16. The smallest absolute Gasteiger partial charge is 0.272 e. The molecule has 1 aliphatic rings. The van der Waals surface area contributed by atoms with Crippen LogP contribution in [0.4, 0.5) is 10.1 Å². The minimum Gasteiger partial charge on any atom is -0.325 e. The number of carbonyl (C=O) groups excluding carboxylic acids is 1. The van der Waals surface area contributed by atoms with Crippen LogP contribution in [0.2, 0.25) is 5.02 Å². The summed E-state index contributed by atoms with van der Waals surface area (Å²) in [5, 5.41) is 3.71. The Bertz CT molecular complexity index is 1140. The molecule has 1 N–H and O–H groups in total. The molecular formula is C20H15ClFN3O2S2. The van der Waals surface area contributed by atoms with Crippen molar-refractivity contribution < 1.29 is 9.18 Å². The molecule has 148 valence electrons. The van der Waals surface area contributed by atoms with Crippen molar-refractivity contribution in [3.63, 3.8) is 0 Å². The maximum absolute atomic E-state index is 13.3. The lowest BCUT2D eigenvalue weighted by atomic mass is 10.3. The molecule has 3 aromatic rings. The Hall–Kier alpha value is -2.29. The number of nitrogens with zero attached hydrogens (tertiary/aromatic N) is 2. The second kappa shape index (κ2) is 8.61. The minimum atomic E-state index is -0.389. The van der Waals surface area contributed by atoms with E-state index in [1.54, 1.807) is 24.3 Å². The Balaban J connectivity index is 1.61. The third-order valence-electron chi connectivity index (χ3n) is 4.19. The molecule has 0 atom stereocenters. The number of thioether (sulfide) groups is 2. The number of halogens is 2. The highest BCUT2D eigenvalue weighted by molar-refractivity contribution is 8.00. The number of fused-ring (bicyclic) bond motifs is 1. The van der Waals surface area contributed by atoms with Crippen LogP contribution in [-0.4, -0.2) is 27.0 Å². The lowest BCUT2D eigenvalue weighted by Gasteiger charge is -2.13. The molecule has 0 fully saturated rings. The summed E-state index contributed by atoms with van der Waals surface area (Å²) < 4.78 is 14.8. The molecule has 4 rings (SSSR count). The summed E-state index contributed by atoms with van der Waals surface area (Å²) in [6, 6.07) is 12.5. The standard InChI is InChI=1S/C20H15ClFN3O2S2/c21-12-2-1-3-14(10-12)23-17(26)11-29-20-24-16-8-9-28-18(16)19(27)25(20)15-6-4-13(22)5-7-15/h1-7,10H,8-9,11H2,(H,23,26). The SMILES string of the molecule is O=C(CSc1nc2c(c(=O)n1-c1ccc(F)cc1)SCC2)Nc1cccc(Cl)c1. The molecule has 0 aliphatic carbocycles. The van der Waals surface area contributed by atoms with Crippen LogP contribution in [0.15, 0.2) is 63.4 Å². The first-order valence-corrected chi connectivity index (χ1v) is 11.1. The maximum atomic E-state index is 13.3. The average molecular weight is 448 g/mol. The van der Waals surface area contributed by atoms with Crippen LogP contribution in [0.3, 0.4) is 0 Å². The van der Waals surface area contributed by atoms with Crippen LogP contribution in [0.1, 0.15) is 5.69 Å². The van der Waals surface area contributed by atoms with E-state index < -0.39 is 0 Å². The first-order valence-electron chi connectivity index (χ1n) is 8.74. The molecule has 1 aliphatic heterocycles. The van der Waals surface area contributed by atoms with Crippen LogP contribution in [0.25, 0.3) is 5.69 Å². The van der Waals surface area contributed by atoms with E-state index in [4.69, 9.17) is 11.6 Å². The molecule has 29 heavy (non-hydrogen) atoms. The number of nitrogens with one attached hydrogen (secondary N) is 1. The van der Waals surface area contributed by atoms with Gasteiger partial charge in [0.2, 0.25) is 5.91 Å². The predicted octanol–water partition coefficient (Wildman–Crippen LogP) is 4.40. The summed E-state index contributed by atoms with van der Waals surface area (Å²) in [6.07, 6.45) is 0.710. The highest BCUT2D eigenvalue weighted by Gasteiger charge is 2.23. The molecule has 0 spiro atoms. The molecule has 0 saturated carbocycles. The molecular weight excluding hydrogens is 433 g/mol. The van der Waals surface area contributed by atoms with Crippen molar-refractivity contribution in [3.8, 4) is 5.69 Å². The second-order valence-corrected chi connectivity index (χ2v) is 8.72. The summed E-state index contributed by atoms with van der Waals surface area (Å²) >= 11 is 8.57. The Labute approximate surface area is 179 Å². The highest BCUT2D eigenvalue weighted by Crippen LogP contribution is 2.30. The van der Waals surface area contributed by atoms with E-state index in [-0.39, 0.29) is 23.0 Å². The van der Waals surface area contributed by atoms with Gasteiger partial charge in [0, 0.05) is 22.9 Å². The molecule has 1 amide bonds. The summed E-state index contributed by atoms with van der Waals surface area (Å²) in [7, 11) is 0. The predicted molar refractivity (Wildman–Crippen MR) is 115 cm³/mol. The number of anilines is 1. The van der Waals surface area contributed by atoms with Gasteiger partial charge in [-0.1, -0.05) is 29.4 Å². The quantitative estimate of drug-likeness (QED) is 0.464. The van der Waals surface area contributed by atoms with Crippen molar-refractivity contribution in [2.75, 3.05) is 16.8 Å². The van der Waals surface area contributed by atoms with Crippen molar-refractivity contribution in [1.29, 1.82) is 0 Å². The fraction of sp³-hybridized carbons (Fsp3) is 0.150. The number of aromatic nitrogens is 2. The van der Waals surface area contributed by atoms with Gasteiger partial charge < -0.3 is 5.32 Å². The Morgan fingerprint density at radius 2 is 2.07 bits per heavy atom. The Morgan fingerprint density at radius 1 is 1.28 bits per heavy atom. The van der Waals surface area contributed by atoms with Crippen LogP contribution in [0, 0.1) is 5.82 Å². The number of amides is 1. The van der Waals surface area contributed by atoms with Gasteiger partial charge in [-0.3, -0.25) is 14.2 Å². The lowest BCUT2D eigenvalue weighted by molar-refractivity contribution is -0.113. The number of benzene rings is 2. The number of aryl methyl sites for hydroxylation is 1. The van der Waals surface area contributed by atoms with Crippen molar-refractivity contribution >= 4 is 46.7 Å². The van der Waals surface area contributed by atoms with Crippen molar-refractivity contribution in [2.24, 2.45) is 0 Å². The van der Waals surface area contributed by atoms with E-state index in [0.717, 1.165) is 23.2 Å². The summed E-state index contributed by atoms with van der Waals surface area (Å²) in [5.41, 5.74) is 1.66. The van der Waals surface area contributed by atoms with Gasteiger partial charge in [0.1, 0.15) is 5.82 Å². The third-order valence-corrected chi connectivity index (χ3v) is 6.47. The van der Waals surface area contributed by atoms with Crippen LogP contribution >= 0.6 is 35.1 Å². The van der Waals surface area contributed by atoms with Crippen LogP contribution < -0.4 is 10.9 Å². The van der Waals surface area contributed by atoms with Gasteiger partial charge in [-0.25, -0.2) is 9.37 Å². The molecule has 2 heterocycles. The first kappa shape index (κ1) is 20.0. The normalized spacial score (nSPS) is 12.6. The third kappa shape index (κ3) is 4.49.